The summed E-state index contributed by atoms with van der Waals surface area (Å²) in [4.78, 5) is 6.38. The molecule has 1 saturated heterocycles. The number of sulfone groups is 1. The Labute approximate surface area is 150 Å². The van der Waals surface area contributed by atoms with Gasteiger partial charge in [0.25, 0.3) is 0 Å². The molecule has 22 heavy (non-hydrogen) atoms. The zero-order chi connectivity index (χ0) is 15.1. The quantitative estimate of drug-likeness (QED) is 0.434. The van der Waals surface area contributed by atoms with E-state index < -0.39 is 9.84 Å². The highest BCUT2D eigenvalue weighted by molar-refractivity contribution is 14.0. The van der Waals surface area contributed by atoms with E-state index in [2.05, 4.69) is 15.2 Å². The van der Waals surface area contributed by atoms with E-state index in [-0.39, 0.29) is 35.5 Å². The second-order valence-corrected chi connectivity index (χ2v) is 7.43. The molecule has 0 spiro atoms. The van der Waals surface area contributed by atoms with E-state index in [1.54, 1.807) is 7.05 Å². The van der Waals surface area contributed by atoms with E-state index in [0.717, 1.165) is 24.6 Å². The Kier molecular flexibility index (Phi) is 8.16. The summed E-state index contributed by atoms with van der Waals surface area (Å²) >= 11 is 0. The fourth-order valence-corrected chi connectivity index (χ4v) is 3.74. The van der Waals surface area contributed by atoms with E-state index in [9.17, 15) is 8.42 Å². The number of hydrogen-bond donors (Lipinski definition) is 1. The fourth-order valence-electron chi connectivity index (χ4n) is 2.48. The van der Waals surface area contributed by atoms with Crippen LogP contribution in [0.1, 0.15) is 18.4 Å². The Morgan fingerprint density at radius 1 is 1.23 bits per heavy atom. The van der Waals surface area contributed by atoms with Crippen LogP contribution in [0.25, 0.3) is 0 Å². The Morgan fingerprint density at radius 3 is 2.45 bits per heavy atom. The van der Waals surface area contributed by atoms with Gasteiger partial charge in [-0.05, 0) is 18.4 Å². The maximum Gasteiger partial charge on any atom is 0.193 e. The normalized spacial score (nSPS) is 15.5. The van der Waals surface area contributed by atoms with Gasteiger partial charge in [-0.25, -0.2) is 8.42 Å². The second kappa shape index (κ2) is 9.34. The molecule has 1 aliphatic rings. The van der Waals surface area contributed by atoms with Gasteiger partial charge >= 0.3 is 0 Å². The van der Waals surface area contributed by atoms with Gasteiger partial charge in [-0.15, -0.1) is 24.0 Å². The first-order valence-corrected chi connectivity index (χ1v) is 9.13. The van der Waals surface area contributed by atoms with Crippen LogP contribution >= 0.6 is 24.0 Å². The highest BCUT2D eigenvalue weighted by Crippen LogP contribution is 2.08. The van der Waals surface area contributed by atoms with E-state index >= 15 is 0 Å². The zero-order valence-corrected chi connectivity index (χ0v) is 16.0. The summed E-state index contributed by atoms with van der Waals surface area (Å²) in [6.07, 6.45) is 2.35. The SMILES string of the molecule is CN=C(NCCS(=O)(=O)Cc1ccccc1)N1CCCC1.I. The number of halogens is 1. The van der Waals surface area contributed by atoms with Crippen molar-refractivity contribution < 1.29 is 8.42 Å². The van der Waals surface area contributed by atoms with Crippen LogP contribution in [0, 0.1) is 0 Å². The van der Waals surface area contributed by atoms with Crippen molar-refractivity contribution in [3.8, 4) is 0 Å². The first kappa shape index (κ1) is 19.2. The molecule has 0 saturated carbocycles. The van der Waals surface area contributed by atoms with Gasteiger partial charge in [-0.1, -0.05) is 30.3 Å². The molecule has 0 aliphatic carbocycles. The summed E-state index contributed by atoms with van der Waals surface area (Å²) in [6.45, 7) is 2.39. The average molecular weight is 437 g/mol. The lowest BCUT2D eigenvalue weighted by molar-refractivity contribution is 0.496. The summed E-state index contributed by atoms with van der Waals surface area (Å²) in [5.41, 5.74) is 0.835. The maximum atomic E-state index is 12.1. The van der Waals surface area contributed by atoms with Crippen molar-refractivity contribution in [2.45, 2.75) is 18.6 Å². The van der Waals surface area contributed by atoms with E-state index in [0.29, 0.717) is 6.54 Å². The second-order valence-electron chi connectivity index (χ2n) is 5.25. The molecule has 1 heterocycles. The molecule has 0 unspecified atom stereocenters. The summed E-state index contributed by atoms with van der Waals surface area (Å²) in [7, 11) is -1.36. The number of benzene rings is 1. The number of nitrogens with zero attached hydrogens (tertiary/aromatic N) is 2. The minimum Gasteiger partial charge on any atom is -0.355 e. The van der Waals surface area contributed by atoms with Crippen molar-refractivity contribution in [2.24, 2.45) is 4.99 Å². The number of aliphatic imine (C=N–C) groups is 1. The van der Waals surface area contributed by atoms with E-state index in [4.69, 9.17) is 0 Å². The van der Waals surface area contributed by atoms with Crippen LogP contribution in [0.5, 0.6) is 0 Å². The van der Waals surface area contributed by atoms with Gasteiger partial charge in [0.2, 0.25) is 0 Å². The maximum absolute atomic E-state index is 12.1. The van der Waals surface area contributed by atoms with Crippen molar-refractivity contribution in [3.05, 3.63) is 35.9 Å². The van der Waals surface area contributed by atoms with E-state index in [1.165, 1.54) is 12.8 Å². The molecule has 1 aliphatic heterocycles. The highest BCUT2D eigenvalue weighted by Gasteiger charge is 2.17. The number of rotatable bonds is 5. The van der Waals surface area contributed by atoms with Crippen molar-refractivity contribution in [1.29, 1.82) is 0 Å². The Morgan fingerprint density at radius 2 is 1.86 bits per heavy atom. The predicted octanol–water partition coefficient (Wildman–Crippen LogP) is 1.89. The van der Waals surface area contributed by atoms with Crippen LogP contribution < -0.4 is 5.32 Å². The third-order valence-corrected chi connectivity index (χ3v) is 5.14. The number of guanidine groups is 1. The monoisotopic (exact) mass is 437 g/mol. The van der Waals surface area contributed by atoms with Gasteiger partial charge in [-0.2, -0.15) is 0 Å². The smallest absolute Gasteiger partial charge is 0.193 e. The van der Waals surface area contributed by atoms with Crippen molar-refractivity contribution in [3.63, 3.8) is 0 Å². The standard InChI is InChI=1S/C15H23N3O2S.HI/c1-16-15(18-10-5-6-11-18)17-9-12-21(19,20)13-14-7-3-2-4-8-14;/h2-4,7-8H,5-6,9-13H2,1H3,(H,16,17);1H. The lowest BCUT2D eigenvalue weighted by Gasteiger charge is -2.20. The molecule has 0 atom stereocenters. The largest absolute Gasteiger partial charge is 0.355 e. The molecule has 5 nitrogen and oxygen atoms in total. The van der Waals surface area contributed by atoms with Gasteiger partial charge in [0.15, 0.2) is 15.8 Å². The molecular weight excluding hydrogens is 413 g/mol. The molecule has 124 valence electrons. The van der Waals surface area contributed by atoms with Gasteiger partial charge in [0.05, 0.1) is 11.5 Å². The van der Waals surface area contributed by atoms with Crippen molar-refractivity contribution >= 4 is 39.8 Å². The molecule has 0 amide bonds. The Bertz CT molecular complexity index is 570. The van der Waals surface area contributed by atoms with Crippen LogP contribution in [0.2, 0.25) is 0 Å². The molecule has 7 heteroatoms. The highest BCUT2D eigenvalue weighted by atomic mass is 127. The molecule has 0 radical (unpaired) electrons. The molecule has 0 aromatic heterocycles. The summed E-state index contributed by atoms with van der Waals surface area (Å²) in [5, 5.41) is 3.15. The first-order chi connectivity index (χ1) is 10.1. The van der Waals surface area contributed by atoms with Crippen LogP contribution in [-0.2, 0) is 15.6 Å². The summed E-state index contributed by atoms with van der Waals surface area (Å²) in [5.74, 6) is 1.02. The summed E-state index contributed by atoms with van der Waals surface area (Å²) in [6, 6.07) is 9.29. The fraction of sp³-hybridized carbons (Fsp3) is 0.533. The van der Waals surface area contributed by atoms with Gasteiger partial charge < -0.3 is 10.2 Å². The topological polar surface area (TPSA) is 61.8 Å². The minimum absolute atomic E-state index is 0. The van der Waals surface area contributed by atoms with Crippen molar-refractivity contribution in [1.82, 2.24) is 10.2 Å². The molecule has 1 N–H and O–H groups in total. The van der Waals surface area contributed by atoms with Crippen LogP contribution in [0.4, 0.5) is 0 Å². The lowest BCUT2D eigenvalue weighted by atomic mass is 10.2. The van der Waals surface area contributed by atoms with Crippen LogP contribution in [0.3, 0.4) is 0 Å². The third-order valence-electron chi connectivity index (χ3n) is 3.54. The average Bonchev–Trinajstić information content (AvgIpc) is 2.98. The van der Waals surface area contributed by atoms with Gasteiger partial charge in [0, 0.05) is 26.7 Å². The van der Waals surface area contributed by atoms with Gasteiger partial charge in [0.1, 0.15) is 0 Å². The lowest BCUT2D eigenvalue weighted by Crippen LogP contribution is -2.41. The Hall–Kier alpha value is -0.830. The number of nitrogens with one attached hydrogen (secondary N) is 1. The predicted molar refractivity (Wildman–Crippen MR) is 102 cm³/mol. The van der Waals surface area contributed by atoms with Crippen LogP contribution in [0.15, 0.2) is 35.3 Å². The summed E-state index contributed by atoms with van der Waals surface area (Å²) < 4.78 is 24.2. The van der Waals surface area contributed by atoms with Gasteiger partial charge in [-0.3, -0.25) is 4.99 Å². The van der Waals surface area contributed by atoms with Crippen molar-refractivity contribution in [2.75, 3.05) is 32.4 Å². The molecule has 0 bridgehead atoms. The third kappa shape index (κ3) is 6.12. The number of likely N-dealkylation sites (tertiary alicyclic amines) is 1. The van der Waals surface area contributed by atoms with Crippen LogP contribution in [-0.4, -0.2) is 51.7 Å². The molecular formula is C15H24IN3O2S. The Balaban J connectivity index is 0.00000242. The molecule has 1 fully saturated rings. The first-order valence-electron chi connectivity index (χ1n) is 7.31. The molecule has 2 rings (SSSR count). The molecule has 1 aromatic carbocycles. The number of hydrogen-bond acceptors (Lipinski definition) is 3. The minimum atomic E-state index is -3.10. The zero-order valence-electron chi connectivity index (χ0n) is 12.9. The molecule has 1 aromatic rings. The van der Waals surface area contributed by atoms with E-state index in [1.807, 2.05) is 30.3 Å².